The van der Waals surface area contributed by atoms with Crippen molar-refractivity contribution in [1.29, 1.82) is 0 Å². The van der Waals surface area contributed by atoms with E-state index in [2.05, 4.69) is 32.8 Å². The molecule has 0 aliphatic carbocycles. The number of H-pyrrole nitrogens is 1. The molecule has 5 heteroatoms. The summed E-state index contributed by atoms with van der Waals surface area (Å²) < 4.78 is 26.6. The van der Waals surface area contributed by atoms with E-state index in [0.717, 1.165) is 21.4 Å². The third-order valence-corrected chi connectivity index (χ3v) is 3.39. The number of benzene rings is 1. The summed E-state index contributed by atoms with van der Waals surface area (Å²) in [5.74, 6) is -1.70. The van der Waals surface area contributed by atoms with Crippen molar-refractivity contribution in [1.82, 2.24) is 10.2 Å². The normalized spacial score (nSPS) is 10.7. The lowest BCUT2D eigenvalue weighted by Gasteiger charge is -1.98. The zero-order chi connectivity index (χ0) is 11.0. The van der Waals surface area contributed by atoms with Crippen molar-refractivity contribution in [2.75, 3.05) is 0 Å². The predicted molar refractivity (Wildman–Crippen MR) is 61.4 cm³/mol. The zero-order valence-electron chi connectivity index (χ0n) is 7.81. The molecule has 0 radical (unpaired) electrons. The minimum absolute atomic E-state index is 0.572. The summed E-state index contributed by atoms with van der Waals surface area (Å²) in [4.78, 5) is 0. The van der Waals surface area contributed by atoms with Crippen LogP contribution in [0.1, 0.15) is 5.69 Å². The highest BCUT2D eigenvalue weighted by Crippen LogP contribution is 2.25. The van der Waals surface area contributed by atoms with Crippen molar-refractivity contribution in [3.05, 3.63) is 39.1 Å². The Morgan fingerprint density at radius 2 is 2.00 bits per heavy atom. The fraction of sp³-hybridized carbons (Fsp3) is 0.100. The first-order chi connectivity index (χ1) is 7.09. The van der Waals surface area contributed by atoms with Crippen molar-refractivity contribution in [2.24, 2.45) is 0 Å². The van der Waals surface area contributed by atoms with E-state index in [1.165, 1.54) is 6.07 Å². The Labute approximate surface area is 98.8 Å². The number of aromatic nitrogens is 2. The van der Waals surface area contributed by atoms with E-state index >= 15 is 0 Å². The quantitative estimate of drug-likeness (QED) is 0.803. The average molecular weight is 320 g/mol. The van der Waals surface area contributed by atoms with Gasteiger partial charge in [-0.3, -0.25) is 5.10 Å². The van der Waals surface area contributed by atoms with E-state index in [1.807, 2.05) is 6.92 Å². The Kier molecular flexibility index (Phi) is 2.72. The van der Waals surface area contributed by atoms with Gasteiger partial charge in [-0.05, 0) is 47.7 Å². The van der Waals surface area contributed by atoms with Crippen LogP contribution in [0.4, 0.5) is 8.78 Å². The second-order valence-corrected chi connectivity index (χ2v) is 4.22. The zero-order valence-corrected chi connectivity index (χ0v) is 9.97. The second kappa shape index (κ2) is 3.88. The lowest BCUT2D eigenvalue weighted by Crippen LogP contribution is -1.87. The van der Waals surface area contributed by atoms with Crippen LogP contribution < -0.4 is 0 Å². The largest absolute Gasteiger partial charge is 0.281 e. The summed E-state index contributed by atoms with van der Waals surface area (Å²) in [5.41, 5.74) is 2.13. The summed E-state index contributed by atoms with van der Waals surface area (Å²) in [6, 6.07) is 3.76. The molecule has 2 aromatic rings. The van der Waals surface area contributed by atoms with Crippen molar-refractivity contribution in [3.8, 4) is 11.3 Å². The molecular formula is C10H7F2IN2. The van der Waals surface area contributed by atoms with Crippen LogP contribution in [0.15, 0.2) is 18.2 Å². The van der Waals surface area contributed by atoms with Crippen LogP contribution in [0.2, 0.25) is 0 Å². The van der Waals surface area contributed by atoms with E-state index in [9.17, 15) is 8.78 Å². The van der Waals surface area contributed by atoms with Crippen LogP contribution in [0.25, 0.3) is 11.3 Å². The third kappa shape index (κ3) is 1.88. The number of nitrogens with zero attached hydrogens (tertiary/aromatic N) is 1. The third-order valence-electron chi connectivity index (χ3n) is 2.07. The van der Waals surface area contributed by atoms with Crippen molar-refractivity contribution >= 4 is 22.6 Å². The summed E-state index contributed by atoms with van der Waals surface area (Å²) in [6.45, 7) is 1.87. The van der Waals surface area contributed by atoms with E-state index in [-0.39, 0.29) is 0 Å². The summed E-state index contributed by atoms with van der Waals surface area (Å²) in [7, 11) is 0. The molecule has 1 aromatic heterocycles. The molecule has 0 bridgehead atoms. The topological polar surface area (TPSA) is 28.7 Å². The molecule has 2 nitrogen and oxygen atoms in total. The lowest BCUT2D eigenvalue weighted by molar-refractivity contribution is 0.509. The molecule has 0 unspecified atom stereocenters. The monoisotopic (exact) mass is 320 g/mol. The minimum atomic E-state index is -0.857. The number of aromatic amines is 1. The maximum absolute atomic E-state index is 13.0. The van der Waals surface area contributed by atoms with Crippen LogP contribution in [-0.2, 0) is 0 Å². The molecule has 2 rings (SSSR count). The molecule has 1 N–H and O–H groups in total. The molecule has 1 heterocycles. The van der Waals surface area contributed by atoms with Gasteiger partial charge in [-0.15, -0.1) is 0 Å². The van der Waals surface area contributed by atoms with Crippen molar-refractivity contribution < 1.29 is 8.78 Å². The lowest BCUT2D eigenvalue weighted by atomic mass is 10.1. The molecule has 0 fully saturated rings. The highest BCUT2D eigenvalue weighted by molar-refractivity contribution is 14.1. The van der Waals surface area contributed by atoms with Crippen LogP contribution >= 0.6 is 22.6 Å². The fourth-order valence-corrected chi connectivity index (χ4v) is 1.80. The summed E-state index contributed by atoms with van der Waals surface area (Å²) >= 11 is 2.11. The first-order valence-electron chi connectivity index (χ1n) is 4.25. The number of hydrogen-bond acceptors (Lipinski definition) is 1. The fourth-order valence-electron chi connectivity index (χ4n) is 1.25. The van der Waals surface area contributed by atoms with Gasteiger partial charge in [0.05, 0.1) is 3.57 Å². The molecule has 15 heavy (non-hydrogen) atoms. The van der Waals surface area contributed by atoms with Gasteiger partial charge in [-0.25, -0.2) is 8.78 Å². The Morgan fingerprint density at radius 1 is 1.27 bits per heavy atom. The highest BCUT2D eigenvalue weighted by atomic mass is 127. The Hall–Kier alpha value is -0.980. The highest BCUT2D eigenvalue weighted by Gasteiger charge is 2.11. The predicted octanol–water partition coefficient (Wildman–Crippen LogP) is 3.27. The van der Waals surface area contributed by atoms with Gasteiger partial charge >= 0.3 is 0 Å². The van der Waals surface area contributed by atoms with E-state index in [0.29, 0.717) is 11.3 Å². The SMILES string of the molecule is Cc1[nH]nc(-c2ccc(F)c(F)c2)c1I. The van der Waals surface area contributed by atoms with Gasteiger partial charge in [0.1, 0.15) is 5.69 Å². The number of rotatable bonds is 1. The van der Waals surface area contributed by atoms with Gasteiger partial charge in [0, 0.05) is 11.3 Å². The Morgan fingerprint density at radius 3 is 2.53 bits per heavy atom. The molecular weight excluding hydrogens is 313 g/mol. The Bertz CT molecular complexity index is 508. The maximum atomic E-state index is 13.0. The van der Waals surface area contributed by atoms with Gasteiger partial charge < -0.3 is 0 Å². The smallest absolute Gasteiger partial charge is 0.159 e. The van der Waals surface area contributed by atoms with Gasteiger partial charge in [0.2, 0.25) is 0 Å². The molecule has 0 aliphatic rings. The first-order valence-corrected chi connectivity index (χ1v) is 5.33. The van der Waals surface area contributed by atoms with Gasteiger partial charge in [0.25, 0.3) is 0 Å². The summed E-state index contributed by atoms with van der Waals surface area (Å²) in [5, 5.41) is 6.83. The molecule has 78 valence electrons. The molecule has 0 amide bonds. The van der Waals surface area contributed by atoms with Crippen molar-refractivity contribution in [3.63, 3.8) is 0 Å². The number of nitrogens with one attached hydrogen (secondary N) is 1. The van der Waals surface area contributed by atoms with Crippen LogP contribution in [-0.4, -0.2) is 10.2 Å². The Balaban J connectivity index is 2.55. The van der Waals surface area contributed by atoms with E-state index < -0.39 is 11.6 Å². The minimum Gasteiger partial charge on any atom is -0.281 e. The van der Waals surface area contributed by atoms with E-state index in [1.54, 1.807) is 0 Å². The van der Waals surface area contributed by atoms with Gasteiger partial charge in [-0.2, -0.15) is 5.10 Å². The number of aryl methyl sites for hydroxylation is 1. The van der Waals surface area contributed by atoms with Gasteiger partial charge in [-0.1, -0.05) is 0 Å². The van der Waals surface area contributed by atoms with Crippen LogP contribution in [0.5, 0.6) is 0 Å². The molecule has 0 atom stereocenters. The van der Waals surface area contributed by atoms with E-state index in [4.69, 9.17) is 0 Å². The maximum Gasteiger partial charge on any atom is 0.159 e. The summed E-state index contributed by atoms with van der Waals surface area (Å²) in [6.07, 6.45) is 0. The molecule has 0 saturated heterocycles. The van der Waals surface area contributed by atoms with Crippen molar-refractivity contribution in [2.45, 2.75) is 6.92 Å². The average Bonchev–Trinajstić information content (AvgIpc) is 2.53. The number of hydrogen-bond donors (Lipinski definition) is 1. The number of halogens is 3. The van der Waals surface area contributed by atoms with Crippen LogP contribution in [0, 0.1) is 22.1 Å². The molecule has 1 aromatic carbocycles. The second-order valence-electron chi connectivity index (χ2n) is 3.14. The molecule has 0 spiro atoms. The van der Waals surface area contributed by atoms with Crippen LogP contribution in [0.3, 0.4) is 0 Å². The molecule has 0 saturated carbocycles. The standard InChI is InChI=1S/C10H7F2IN2/c1-5-9(13)10(15-14-5)6-2-3-7(11)8(12)4-6/h2-4H,1H3,(H,14,15). The molecule has 0 aliphatic heterocycles. The first kappa shape index (κ1) is 10.5. The van der Waals surface area contributed by atoms with Gasteiger partial charge in [0.15, 0.2) is 11.6 Å².